The molecule has 38 heavy (non-hydrogen) atoms. The van der Waals surface area contributed by atoms with Gasteiger partial charge in [-0.1, -0.05) is 29.3 Å². The molecule has 10 nitrogen and oxygen atoms in total. The highest BCUT2D eigenvalue weighted by atomic mass is 35.5. The van der Waals surface area contributed by atoms with Crippen molar-refractivity contribution >= 4 is 73.4 Å². The van der Waals surface area contributed by atoms with Crippen molar-refractivity contribution in [1.82, 2.24) is 20.3 Å². The molecule has 2 aromatic heterocycles. The molecular weight excluding hydrogens is 549 g/mol. The van der Waals surface area contributed by atoms with Gasteiger partial charge in [0.05, 0.1) is 21.5 Å². The zero-order chi connectivity index (χ0) is 27.2. The zero-order valence-electron chi connectivity index (χ0n) is 20.6. The standard InChI is InChI=1S/C25H23Cl2N7O3S/c1-25(2,3)33-24(35)32-22-16(20-17(26)5-4-6-18(20)27)10-13-11-28-23(31-21(13)30-22)29-15-7-8-19-14(9-15)12-38(36,37)34-19/h4-11,34H,12H2,1-3H3,(H3,28,29,30,31,32,33,35). The van der Waals surface area contributed by atoms with Crippen LogP contribution in [-0.2, 0) is 15.8 Å². The molecule has 4 aromatic rings. The Hall–Kier alpha value is -3.67. The number of anilines is 4. The number of aromatic nitrogens is 3. The average Bonchev–Trinajstić information content (AvgIpc) is 3.11. The lowest BCUT2D eigenvalue weighted by atomic mass is 10.0. The molecule has 196 valence electrons. The van der Waals surface area contributed by atoms with E-state index in [0.717, 1.165) is 0 Å². The van der Waals surface area contributed by atoms with Crippen LogP contribution < -0.4 is 20.7 Å². The normalized spacial score (nSPS) is 14.0. The molecule has 0 saturated carbocycles. The molecule has 13 heteroatoms. The lowest BCUT2D eigenvalue weighted by molar-refractivity contribution is 0.243. The van der Waals surface area contributed by atoms with E-state index in [-0.39, 0.29) is 17.5 Å². The Morgan fingerprint density at radius 1 is 1.05 bits per heavy atom. The maximum atomic E-state index is 12.7. The minimum absolute atomic E-state index is 0.100. The monoisotopic (exact) mass is 571 g/mol. The number of hydrogen-bond donors (Lipinski definition) is 4. The molecule has 0 unspecified atom stereocenters. The number of pyridine rings is 1. The van der Waals surface area contributed by atoms with Crippen LogP contribution in [0.1, 0.15) is 26.3 Å². The summed E-state index contributed by atoms with van der Waals surface area (Å²) in [6.45, 7) is 5.59. The van der Waals surface area contributed by atoms with Crippen LogP contribution in [0.2, 0.25) is 10.0 Å². The van der Waals surface area contributed by atoms with Crippen LogP contribution in [0.25, 0.3) is 22.2 Å². The summed E-state index contributed by atoms with van der Waals surface area (Å²) >= 11 is 13.0. The third kappa shape index (κ3) is 5.59. The molecule has 2 aromatic carbocycles. The molecule has 2 amide bonds. The first-order valence-electron chi connectivity index (χ1n) is 11.5. The van der Waals surface area contributed by atoms with Crippen LogP contribution in [0.15, 0.2) is 48.7 Å². The Labute approximate surface area is 229 Å². The van der Waals surface area contributed by atoms with Crippen LogP contribution in [0.4, 0.5) is 27.9 Å². The smallest absolute Gasteiger partial charge is 0.320 e. The third-order valence-electron chi connectivity index (χ3n) is 5.49. The Morgan fingerprint density at radius 2 is 1.79 bits per heavy atom. The van der Waals surface area contributed by atoms with Crippen molar-refractivity contribution in [1.29, 1.82) is 0 Å². The van der Waals surface area contributed by atoms with Gasteiger partial charge in [-0.2, -0.15) is 4.98 Å². The van der Waals surface area contributed by atoms with Crippen molar-refractivity contribution in [3.05, 3.63) is 64.3 Å². The molecule has 0 radical (unpaired) electrons. The van der Waals surface area contributed by atoms with E-state index in [0.29, 0.717) is 49.1 Å². The van der Waals surface area contributed by atoms with Crippen LogP contribution in [0.5, 0.6) is 0 Å². The lowest BCUT2D eigenvalue weighted by Crippen LogP contribution is -2.43. The first-order chi connectivity index (χ1) is 17.9. The Bertz CT molecular complexity index is 1690. The van der Waals surface area contributed by atoms with Crippen molar-refractivity contribution < 1.29 is 13.2 Å². The van der Waals surface area contributed by atoms with Gasteiger partial charge in [0.25, 0.3) is 0 Å². The molecule has 4 N–H and O–H groups in total. The first kappa shape index (κ1) is 26.0. The van der Waals surface area contributed by atoms with Gasteiger partial charge in [0.1, 0.15) is 5.82 Å². The second-order valence-corrected chi connectivity index (χ2v) is 12.3. The molecule has 0 saturated heterocycles. The van der Waals surface area contributed by atoms with Gasteiger partial charge in [-0.15, -0.1) is 0 Å². The summed E-state index contributed by atoms with van der Waals surface area (Å²) in [7, 11) is -3.36. The summed E-state index contributed by atoms with van der Waals surface area (Å²) in [6.07, 6.45) is 1.59. The summed E-state index contributed by atoms with van der Waals surface area (Å²) in [5.41, 5.74) is 2.66. The van der Waals surface area contributed by atoms with Crippen molar-refractivity contribution in [3.8, 4) is 11.1 Å². The van der Waals surface area contributed by atoms with Crippen LogP contribution in [0, 0.1) is 0 Å². The van der Waals surface area contributed by atoms with Crippen LogP contribution in [0.3, 0.4) is 0 Å². The van der Waals surface area contributed by atoms with Crippen molar-refractivity contribution in [3.63, 3.8) is 0 Å². The second kappa shape index (κ2) is 9.57. The fraction of sp³-hybridized carbons (Fsp3) is 0.200. The third-order valence-corrected chi connectivity index (χ3v) is 7.35. The Morgan fingerprint density at radius 3 is 2.50 bits per heavy atom. The summed E-state index contributed by atoms with van der Waals surface area (Å²) in [6, 6.07) is 11.6. The number of rotatable bonds is 4. The van der Waals surface area contributed by atoms with E-state index in [4.69, 9.17) is 23.2 Å². The van der Waals surface area contributed by atoms with E-state index in [1.165, 1.54) is 0 Å². The number of sulfonamides is 1. The van der Waals surface area contributed by atoms with Gasteiger partial charge < -0.3 is 10.6 Å². The van der Waals surface area contributed by atoms with E-state index >= 15 is 0 Å². The highest BCUT2D eigenvalue weighted by Crippen LogP contribution is 2.39. The van der Waals surface area contributed by atoms with Gasteiger partial charge in [0.15, 0.2) is 5.65 Å². The van der Waals surface area contributed by atoms with E-state index in [1.54, 1.807) is 48.7 Å². The summed E-state index contributed by atoms with van der Waals surface area (Å²) < 4.78 is 26.2. The number of halogens is 2. The average molecular weight is 572 g/mol. The number of amides is 2. The number of urea groups is 1. The summed E-state index contributed by atoms with van der Waals surface area (Å²) in [5.74, 6) is 0.358. The summed E-state index contributed by atoms with van der Waals surface area (Å²) in [4.78, 5) is 26.2. The van der Waals surface area contributed by atoms with E-state index in [1.807, 2.05) is 20.8 Å². The SMILES string of the molecule is CC(C)(C)NC(=O)Nc1nc2nc(Nc3ccc4c(c3)CS(=O)(=O)N4)ncc2cc1-c1c(Cl)cccc1Cl. The molecular formula is C25H23Cl2N7O3S. The highest BCUT2D eigenvalue weighted by molar-refractivity contribution is 7.92. The number of fused-ring (bicyclic) bond motifs is 2. The Balaban J connectivity index is 1.54. The van der Waals surface area contributed by atoms with E-state index in [9.17, 15) is 13.2 Å². The molecule has 1 aliphatic heterocycles. The molecule has 5 rings (SSSR count). The fourth-order valence-electron chi connectivity index (χ4n) is 3.97. The van der Waals surface area contributed by atoms with Gasteiger partial charge >= 0.3 is 6.03 Å². The summed E-state index contributed by atoms with van der Waals surface area (Å²) in [5, 5.41) is 10.1. The predicted molar refractivity (Wildman–Crippen MR) is 151 cm³/mol. The van der Waals surface area contributed by atoms with Crippen molar-refractivity contribution in [2.75, 3.05) is 15.4 Å². The van der Waals surface area contributed by atoms with E-state index < -0.39 is 21.6 Å². The Kier molecular flexibility index (Phi) is 6.54. The van der Waals surface area contributed by atoms with Gasteiger partial charge in [-0.3, -0.25) is 10.0 Å². The minimum atomic E-state index is -3.36. The highest BCUT2D eigenvalue weighted by Gasteiger charge is 2.24. The van der Waals surface area contributed by atoms with Gasteiger partial charge in [-0.05, 0) is 62.7 Å². The van der Waals surface area contributed by atoms with Crippen LogP contribution >= 0.6 is 23.2 Å². The molecule has 0 spiro atoms. The maximum Gasteiger partial charge on any atom is 0.320 e. The molecule has 3 heterocycles. The molecule has 1 aliphatic rings. The largest absolute Gasteiger partial charge is 0.333 e. The molecule has 0 fully saturated rings. The molecule has 0 aliphatic carbocycles. The lowest BCUT2D eigenvalue weighted by Gasteiger charge is -2.21. The number of nitrogens with one attached hydrogen (secondary N) is 4. The predicted octanol–water partition coefficient (Wildman–Crippen LogP) is 5.92. The van der Waals surface area contributed by atoms with Gasteiger partial charge in [0, 0.05) is 33.9 Å². The van der Waals surface area contributed by atoms with Crippen LogP contribution in [-0.4, -0.2) is 34.9 Å². The number of benzene rings is 2. The first-order valence-corrected chi connectivity index (χ1v) is 13.9. The maximum absolute atomic E-state index is 12.7. The fourth-order valence-corrected chi connectivity index (χ4v) is 5.83. The number of nitrogens with zero attached hydrogens (tertiary/aromatic N) is 3. The second-order valence-electron chi connectivity index (χ2n) is 9.77. The minimum Gasteiger partial charge on any atom is -0.333 e. The van der Waals surface area contributed by atoms with Crippen molar-refractivity contribution in [2.45, 2.75) is 32.1 Å². The zero-order valence-corrected chi connectivity index (χ0v) is 22.9. The number of carbonyl (C=O) groups is 1. The molecule has 0 bridgehead atoms. The van der Waals surface area contributed by atoms with Gasteiger partial charge in [-0.25, -0.2) is 23.2 Å². The topological polar surface area (TPSA) is 138 Å². The molecule has 0 atom stereocenters. The number of carbonyl (C=O) groups excluding carboxylic acids is 1. The van der Waals surface area contributed by atoms with Gasteiger partial charge in [0.2, 0.25) is 16.0 Å². The quantitative estimate of drug-likeness (QED) is 0.238. The number of hydrogen-bond acceptors (Lipinski definition) is 7. The van der Waals surface area contributed by atoms with E-state index in [2.05, 4.69) is 35.6 Å². The van der Waals surface area contributed by atoms with Crippen molar-refractivity contribution in [2.24, 2.45) is 0 Å².